The number of hydrogen-bond donors (Lipinski definition) is 3. The van der Waals surface area contributed by atoms with Crippen molar-refractivity contribution >= 4 is 17.2 Å². The van der Waals surface area contributed by atoms with Crippen LogP contribution in [0.3, 0.4) is 0 Å². The minimum atomic E-state index is -0.141. The van der Waals surface area contributed by atoms with Gasteiger partial charge in [0, 0.05) is 11.8 Å². The number of anilines is 1. The topological polar surface area (TPSA) is 73.2 Å². The van der Waals surface area contributed by atoms with E-state index in [4.69, 9.17) is 10.5 Å². The largest absolute Gasteiger partial charge is 0.508 e. The molecule has 2 rings (SSSR count). The standard InChI is InChI=1S/C12H10N2O2/c13-11-6-5-10(16)7-12(11)14-8-1-3-9(15)4-2-8/h1-7,13-15H. The molecule has 0 heterocycles. The quantitative estimate of drug-likeness (QED) is 0.519. The van der Waals surface area contributed by atoms with Gasteiger partial charge in [-0.05, 0) is 36.4 Å². The highest BCUT2D eigenvalue weighted by atomic mass is 16.3. The van der Waals surface area contributed by atoms with Crippen LogP contribution >= 0.6 is 0 Å². The third-order valence-electron chi connectivity index (χ3n) is 2.14. The Labute approximate surface area is 92.4 Å². The minimum absolute atomic E-state index is 0.141. The van der Waals surface area contributed by atoms with E-state index in [0.717, 1.165) is 5.69 Å². The van der Waals surface area contributed by atoms with Crippen molar-refractivity contribution in [3.63, 3.8) is 0 Å². The third-order valence-corrected chi connectivity index (χ3v) is 2.14. The van der Waals surface area contributed by atoms with Crippen molar-refractivity contribution < 1.29 is 9.90 Å². The number of nitrogens with one attached hydrogen (secondary N) is 2. The second-order valence-corrected chi connectivity index (χ2v) is 3.38. The number of benzene rings is 1. The van der Waals surface area contributed by atoms with Crippen LogP contribution in [0.2, 0.25) is 0 Å². The van der Waals surface area contributed by atoms with Gasteiger partial charge < -0.3 is 10.4 Å². The summed E-state index contributed by atoms with van der Waals surface area (Å²) in [6.45, 7) is 0. The van der Waals surface area contributed by atoms with E-state index in [1.807, 2.05) is 0 Å². The molecular weight excluding hydrogens is 204 g/mol. The van der Waals surface area contributed by atoms with Crippen LogP contribution < -0.4 is 5.32 Å². The number of phenolic OH excluding ortho intramolecular Hbond substituents is 1. The Balaban J connectivity index is 2.18. The summed E-state index contributed by atoms with van der Waals surface area (Å²) in [5.41, 5.74) is 1.43. The van der Waals surface area contributed by atoms with Crippen molar-refractivity contribution in [2.45, 2.75) is 0 Å². The number of rotatable bonds is 2. The molecule has 0 saturated carbocycles. The molecule has 4 nitrogen and oxygen atoms in total. The number of carbonyl (C=O) groups excluding carboxylic acids is 1. The van der Waals surface area contributed by atoms with Gasteiger partial charge in [0.15, 0.2) is 5.78 Å². The molecule has 1 aromatic rings. The van der Waals surface area contributed by atoms with Gasteiger partial charge in [0.25, 0.3) is 0 Å². The Morgan fingerprint density at radius 2 is 1.81 bits per heavy atom. The van der Waals surface area contributed by atoms with E-state index in [0.29, 0.717) is 5.70 Å². The molecule has 0 amide bonds. The Morgan fingerprint density at radius 1 is 1.12 bits per heavy atom. The summed E-state index contributed by atoms with van der Waals surface area (Å²) < 4.78 is 0. The van der Waals surface area contributed by atoms with Crippen molar-refractivity contribution in [1.82, 2.24) is 0 Å². The number of hydrogen-bond acceptors (Lipinski definition) is 4. The summed E-state index contributed by atoms with van der Waals surface area (Å²) in [6.07, 6.45) is 4.17. The molecule has 0 atom stereocenters. The molecule has 1 aromatic carbocycles. The first-order chi connectivity index (χ1) is 7.65. The van der Waals surface area contributed by atoms with Crippen molar-refractivity contribution in [3.05, 3.63) is 48.2 Å². The van der Waals surface area contributed by atoms with Crippen LogP contribution in [0.5, 0.6) is 5.75 Å². The first-order valence-corrected chi connectivity index (χ1v) is 4.74. The zero-order valence-electron chi connectivity index (χ0n) is 8.40. The van der Waals surface area contributed by atoms with Crippen LogP contribution in [-0.4, -0.2) is 16.6 Å². The lowest BCUT2D eigenvalue weighted by Crippen LogP contribution is -2.14. The molecule has 0 bridgehead atoms. The van der Waals surface area contributed by atoms with Gasteiger partial charge in [-0.25, -0.2) is 0 Å². The van der Waals surface area contributed by atoms with E-state index < -0.39 is 0 Å². The van der Waals surface area contributed by atoms with Crippen molar-refractivity contribution in [2.24, 2.45) is 0 Å². The highest BCUT2D eigenvalue weighted by Crippen LogP contribution is 2.17. The number of aromatic hydroxyl groups is 1. The third kappa shape index (κ3) is 2.17. The Kier molecular flexibility index (Phi) is 2.55. The van der Waals surface area contributed by atoms with Crippen LogP contribution in [0.4, 0.5) is 5.69 Å². The van der Waals surface area contributed by atoms with Gasteiger partial charge in [-0.1, -0.05) is 0 Å². The number of carbonyl (C=O) groups is 1. The van der Waals surface area contributed by atoms with E-state index in [1.54, 1.807) is 12.1 Å². The molecular formula is C12H10N2O2. The maximum atomic E-state index is 11.1. The van der Waals surface area contributed by atoms with Gasteiger partial charge in [-0.2, -0.15) is 0 Å². The summed E-state index contributed by atoms with van der Waals surface area (Å²) in [6, 6.07) is 6.42. The molecule has 0 unspecified atom stereocenters. The van der Waals surface area contributed by atoms with Gasteiger partial charge in [-0.3, -0.25) is 10.2 Å². The molecule has 0 spiro atoms. The molecule has 0 aliphatic heterocycles. The molecule has 0 saturated heterocycles. The molecule has 3 N–H and O–H groups in total. The molecule has 80 valence electrons. The lowest BCUT2D eigenvalue weighted by atomic mass is 10.1. The Morgan fingerprint density at radius 3 is 2.50 bits per heavy atom. The summed E-state index contributed by atoms with van der Waals surface area (Å²) >= 11 is 0. The Hall–Kier alpha value is -2.36. The fourth-order valence-electron chi connectivity index (χ4n) is 1.33. The lowest BCUT2D eigenvalue weighted by molar-refractivity contribution is -0.110. The van der Waals surface area contributed by atoms with Crippen LogP contribution in [0.1, 0.15) is 0 Å². The second kappa shape index (κ2) is 4.02. The average molecular weight is 214 g/mol. The maximum absolute atomic E-state index is 11.1. The smallest absolute Gasteiger partial charge is 0.180 e. The van der Waals surface area contributed by atoms with Crippen LogP contribution in [0.25, 0.3) is 0 Å². The van der Waals surface area contributed by atoms with E-state index in [9.17, 15) is 4.79 Å². The highest BCUT2D eigenvalue weighted by molar-refractivity contribution is 6.19. The normalized spacial score (nSPS) is 14.9. The SMILES string of the molecule is N=C1C=CC(=O)C=C1Nc1ccc(O)cc1. The molecule has 4 heteroatoms. The van der Waals surface area contributed by atoms with Crippen LogP contribution in [-0.2, 0) is 4.79 Å². The fourth-order valence-corrected chi connectivity index (χ4v) is 1.33. The average Bonchev–Trinajstić information content (AvgIpc) is 2.27. The molecule has 0 fully saturated rings. The van der Waals surface area contributed by atoms with E-state index >= 15 is 0 Å². The molecule has 0 aromatic heterocycles. The summed E-state index contributed by atoms with van der Waals surface area (Å²) in [7, 11) is 0. The maximum Gasteiger partial charge on any atom is 0.180 e. The predicted octanol–water partition coefficient (Wildman–Crippen LogP) is 1.85. The second-order valence-electron chi connectivity index (χ2n) is 3.38. The van der Waals surface area contributed by atoms with Crippen LogP contribution in [0.15, 0.2) is 48.2 Å². The van der Waals surface area contributed by atoms with Gasteiger partial charge in [0.1, 0.15) is 5.75 Å². The number of phenols is 1. The van der Waals surface area contributed by atoms with Gasteiger partial charge in [0.2, 0.25) is 0 Å². The summed E-state index contributed by atoms with van der Waals surface area (Å²) in [4.78, 5) is 11.1. The monoisotopic (exact) mass is 214 g/mol. The number of ketones is 1. The van der Waals surface area contributed by atoms with E-state index in [-0.39, 0.29) is 17.2 Å². The van der Waals surface area contributed by atoms with Crippen molar-refractivity contribution in [2.75, 3.05) is 5.32 Å². The fraction of sp³-hybridized carbons (Fsp3) is 0. The first kappa shape index (κ1) is 10.2. The van der Waals surface area contributed by atoms with Crippen molar-refractivity contribution in [3.8, 4) is 5.75 Å². The van der Waals surface area contributed by atoms with Crippen LogP contribution in [0, 0.1) is 5.41 Å². The number of allylic oxidation sites excluding steroid dienone is 3. The lowest BCUT2D eigenvalue weighted by Gasteiger charge is -2.12. The summed E-state index contributed by atoms with van der Waals surface area (Å²) in [5, 5.41) is 19.7. The molecule has 0 radical (unpaired) electrons. The van der Waals surface area contributed by atoms with E-state index in [2.05, 4.69) is 5.32 Å². The Bertz CT molecular complexity index is 498. The molecule has 16 heavy (non-hydrogen) atoms. The van der Waals surface area contributed by atoms with Crippen molar-refractivity contribution in [1.29, 1.82) is 5.41 Å². The molecule has 1 aliphatic rings. The van der Waals surface area contributed by atoms with Gasteiger partial charge in [0.05, 0.1) is 11.4 Å². The van der Waals surface area contributed by atoms with E-state index in [1.165, 1.54) is 30.4 Å². The zero-order valence-corrected chi connectivity index (χ0v) is 8.40. The predicted molar refractivity (Wildman–Crippen MR) is 61.7 cm³/mol. The van der Waals surface area contributed by atoms with Gasteiger partial charge >= 0.3 is 0 Å². The highest BCUT2D eigenvalue weighted by Gasteiger charge is 2.09. The summed E-state index contributed by atoms with van der Waals surface area (Å²) in [5.74, 6) is 0.0338. The first-order valence-electron chi connectivity index (χ1n) is 4.74. The molecule has 1 aliphatic carbocycles. The van der Waals surface area contributed by atoms with Gasteiger partial charge in [-0.15, -0.1) is 0 Å². The minimum Gasteiger partial charge on any atom is -0.508 e. The zero-order chi connectivity index (χ0) is 11.5.